The number of aryl methyl sites for hydroxylation is 1. The lowest BCUT2D eigenvalue weighted by Gasteiger charge is -1.94. The molecule has 2 amide bonds. The highest BCUT2D eigenvalue weighted by molar-refractivity contribution is 5.71. The van der Waals surface area contributed by atoms with Crippen LogP contribution < -0.4 is 11.1 Å². The predicted molar refractivity (Wildman–Crippen MR) is 37.7 cm³/mol. The molecule has 1 heterocycles. The molecule has 0 radical (unpaired) electrons. The molecule has 3 N–H and O–H groups in total. The summed E-state index contributed by atoms with van der Waals surface area (Å²) in [5.41, 5.74) is 5.62. The third kappa shape index (κ3) is 2.29. The first-order chi connectivity index (χ1) is 5.18. The van der Waals surface area contributed by atoms with Crippen molar-refractivity contribution in [2.24, 2.45) is 5.73 Å². The van der Waals surface area contributed by atoms with Crippen molar-refractivity contribution in [1.29, 1.82) is 0 Å². The summed E-state index contributed by atoms with van der Waals surface area (Å²) in [4.78, 5) is 10.2. The Bertz CT molecular complexity index is 256. The Labute approximate surface area is 63.5 Å². The fourth-order valence-corrected chi connectivity index (χ4v) is 0.674. The number of primary amides is 1. The van der Waals surface area contributed by atoms with Gasteiger partial charge in [0.25, 0.3) is 0 Å². The largest absolute Gasteiger partial charge is 0.359 e. The number of aromatic nitrogens is 1. The predicted octanol–water partition coefficient (Wildman–Crippen LogP) is 0.151. The van der Waals surface area contributed by atoms with E-state index in [0.29, 0.717) is 5.76 Å². The molecule has 0 aliphatic carbocycles. The van der Waals surface area contributed by atoms with Gasteiger partial charge in [-0.2, -0.15) is 0 Å². The highest BCUT2D eigenvalue weighted by Gasteiger charge is 1.99. The van der Waals surface area contributed by atoms with E-state index in [1.54, 1.807) is 13.0 Å². The summed E-state index contributed by atoms with van der Waals surface area (Å²) in [7, 11) is 0. The molecule has 0 aliphatic rings. The highest BCUT2D eigenvalue weighted by atomic mass is 16.5. The van der Waals surface area contributed by atoms with Crippen LogP contribution in [0.5, 0.6) is 0 Å². The lowest BCUT2D eigenvalue weighted by atomic mass is 10.4. The highest BCUT2D eigenvalue weighted by Crippen LogP contribution is 2.00. The molecule has 1 aromatic heterocycles. The van der Waals surface area contributed by atoms with Crippen molar-refractivity contribution >= 4 is 6.03 Å². The number of nitrogens with two attached hydrogens (primary N) is 1. The monoisotopic (exact) mass is 155 g/mol. The van der Waals surface area contributed by atoms with Crippen molar-refractivity contribution in [3.63, 3.8) is 0 Å². The first-order valence-electron chi connectivity index (χ1n) is 3.14. The maximum atomic E-state index is 10.2. The van der Waals surface area contributed by atoms with E-state index < -0.39 is 6.03 Å². The van der Waals surface area contributed by atoms with Crippen molar-refractivity contribution in [2.75, 3.05) is 0 Å². The quantitative estimate of drug-likeness (QED) is 0.637. The Hall–Kier alpha value is -1.52. The maximum absolute atomic E-state index is 10.2. The van der Waals surface area contributed by atoms with Crippen LogP contribution in [0.1, 0.15) is 11.5 Å². The van der Waals surface area contributed by atoms with Crippen LogP contribution in [0, 0.1) is 6.92 Å². The summed E-state index contributed by atoms with van der Waals surface area (Å²) in [5.74, 6) is 0.598. The van der Waals surface area contributed by atoms with Gasteiger partial charge in [-0.3, -0.25) is 0 Å². The molecule has 1 aromatic rings. The third-order valence-corrected chi connectivity index (χ3v) is 1.11. The Morgan fingerprint density at radius 2 is 2.64 bits per heavy atom. The van der Waals surface area contributed by atoms with Crippen LogP contribution in [0.3, 0.4) is 0 Å². The fraction of sp³-hybridized carbons (Fsp3) is 0.333. The molecule has 0 aliphatic heterocycles. The number of urea groups is 1. The van der Waals surface area contributed by atoms with Gasteiger partial charge in [0, 0.05) is 6.07 Å². The van der Waals surface area contributed by atoms with Crippen LogP contribution in [0.15, 0.2) is 10.6 Å². The Kier molecular flexibility index (Phi) is 2.10. The number of carbonyl (C=O) groups excluding carboxylic acids is 1. The lowest BCUT2D eigenvalue weighted by molar-refractivity contribution is 0.247. The summed E-state index contributed by atoms with van der Waals surface area (Å²) < 4.78 is 4.79. The SMILES string of the molecule is Cc1cc(CNC(N)=O)on1. The number of hydrogen-bond donors (Lipinski definition) is 2. The van der Waals surface area contributed by atoms with Gasteiger partial charge in [0.2, 0.25) is 0 Å². The van der Waals surface area contributed by atoms with E-state index in [0.717, 1.165) is 5.69 Å². The zero-order valence-electron chi connectivity index (χ0n) is 6.13. The maximum Gasteiger partial charge on any atom is 0.312 e. The third-order valence-electron chi connectivity index (χ3n) is 1.11. The van der Waals surface area contributed by atoms with Gasteiger partial charge in [-0.25, -0.2) is 4.79 Å². The normalized spacial score (nSPS) is 9.55. The number of hydrogen-bond acceptors (Lipinski definition) is 3. The van der Waals surface area contributed by atoms with E-state index in [-0.39, 0.29) is 6.54 Å². The summed E-state index contributed by atoms with van der Waals surface area (Å²) in [6.07, 6.45) is 0. The van der Waals surface area contributed by atoms with Crippen molar-refractivity contribution in [2.45, 2.75) is 13.5 Å². The molecule has 0 saturated heterocycles. The minimum atomic E-state index is -0.570. The van der Waals surface area contributed by atoms with E-state index >= 15 is 0 Å². The molecule has 1 rings (SSSR count). The van der Waals surface area contributed by atoms with Crippen molar-refractivity contribution in [3.8, 4) is 0 Å². The summed E-state index contributed by atoms with van der Waals surface area (Å²) >= 11 is 0. The van der Waals surface area contributed by atoms with Gasteiger partial charge in [0.05, 0.1) is 12.2 Å². The average molecular weight is 155 g/mol. The fourth-order valence-electron chi connectivity index (χ4n) is 0.674. The van der Waals surface area contributed by atoms with Crippen LogP contribution in [-0.4, -0.2) is 11.2 Å². The zero-order chi connectivity index (χ0) is 8.27. The minimum Gasteiger partial charge on any atom is -0.359 e. The molecule has 60 valence electrons. The standard InChI is InChI=1S/C6H9N3O2/c1-4-2-5(11-9-4)3-8-6(7)10/h2H,3H2,1H3,(H3,7,8,10). The van der Waals surface area contributed by atoms with Crippen molar-refractivity contribution in [3.05, 3.63) is 17.5 Å². The Morgan fingerprint density at radius 1 is 1.91 bits per heavy atom. The van der Waals surface area contributed by atoms with E-state index in [2.05, 4.69) is 10.5 Å². The second-order valence-corrected chi connectivity index (χ2v) is 2.15. The number of amides is 2. The van der Waals surface area contributed by atoms with Crippen LogP contribution in [0.25, 0.3) is 0 Å². The van der Waals surface area contributed by atoms with Crippen LogP contribution >= 0.6 is 0 Å². The minimum absolute atomic E-state index is 0.288. The topological polar surface area (TPSA) is 81.1 Å². The second-order valence-electron chi connectivity index (χ2n) is 2.15. The first kappa shape index (κ1) is 7.59. The zero-order valence-corrected chi connectivity index (χ0v) is 6.13. The van der Waals surface area contributed by atoms with Gasteiger partial charge >= 0.3 is 6.03 Å². The van der Waals surface area contributed by atoms with Gasteiger partial charge in [0.1, 0.15) is 0 Å². The van der Waals surface area contributed by atoms with Gasteiger partial charge in [0.15, 0.2) is 5.76 Å². The van der Waals surface area contributed by atoms with Crippen LogP contribution in [0.2, 0.25) is 0 Å². The number of nitrogens with one attached hydrogen (secondary N) is 1. The second kappa shape index (κ2) is 3.05. The molecule has 0 bridgehead atoms. The molecule has 5 nitrogen and oxygen atoms in total. The van der Waals surface area contributed by atoms with Gasteiger partial charge in [-0.05, 0) is 6.92 Å². The smallest absolute Gasteiger partial charge is 0.312 e. The molecule has 0 saturated carbocycles. The molecular formula is C6H9N3O2. The van der Waals surface area contributed by atoms with Crippen LogP contribution in [-0.2, 0) is 6.54 Å². The summed E-state index contributed by atoms with van der Waals surface area (Å²) in [5, 5.41) is 6.01. The molecule has 0 unspecified atom stereocenters. The van der Waals surface area contributed by atoms with E-state index in [4.69, 9.17) is 10.3 Å². The van der Waals surface area contributed by atoms with Gasteiger partial charge < -0.3 is 15.6 Å². The average Bonchev–Trinajstić information content (AvgIpc) is 2.31. The summed E-state index contributed by atoms with van der Waals surface area (Å²) in [6.45, 7) is 2.09. The van der Waals surface area contributed by atoms with E-state index in [1.807, 2.05) is 0 Å². The Balaban J connectivity index is 2.45. The number of carbonyl (C=O) groups is 1. The van der Waals surface area contributed by atoms with E-state index in [1.165, 1.54) is 0 Å². The molecule has 0 fully saturated rings. The van der Waals surface area contributed by atoms with Crippen molar-refractivity contribution in [1.82, 2.24) is 10.5 Å². The molecule has 0 atom stereocenters. The summed E-state index contributed by atoms with van der Waals surface area (Å²) in [6, 6.07) is 1.16. The molecule has 5 heteroatoms. The molecular weight excluding hydrogens is 146 g/mol. The Morgan fingerprint density at radius 3 is 3.09 bits per heavy atom. The molecule has 0 spiro atoms. The van der Waals surface area contributed by atoms with Crippen molar-refractivity contribution < 1.29 is 9.32 Å². The molecule has 11 heavy (non-hydrogen) atoms. The van der Waals surface area contributed by atoms with Crippen LogP contribution in [0.4, 0.5) is 4.79 Å². The van der Waals surface area contributed by atoms with E-state index in [9.17, 15) is 4.79 Å². The van der Waals surface area contributed by atoms with Gasteiger partial charge in [-0.1, -0.05) is 5.16 Å². The van der Waals surface area contributed by atoms with Gasteiger partial charge in [-0.15, -0.1) is 0 Å². The first-order valence-corrected chi connectivity index (χ1v) is 3.14. The lowest BCUT2D eigenvalue weighted by Crippen LogP contribution is -2.28. The molecule has 0 aromatic carbocycles. The number of rotatable bonds is 2. The number of nitrogens with zero attached hydrogens (tertiary/aromatic N) is 1.